The van der Waals surface area contributed by atoms with Gasteiger partial charge in [-0.05, 0) is 19.8 Å². The van der Waals surface area contributed by atoms with Crippen LogP contribution in [0.2, 0.25) is 0 Å². The molecule has 0 spiro atoms. The fraction of sp³-hybridized carbons (Fsp3) is 0.727. The van der Waals surface area contributed by atoms with Gasteiger partial charge in [0.1, 0.15) is 0 Å². The van der Waals surface area contributed by atoms with Gasteiger partial charge in [-0.1, -0.05) is 0 Å². The molecule has 1 aliphatic rings. The molecule has 1 aromatic heterocycles. The quantitative estimate of drug-likeness (QED) is 0.807. The summed E-state index contributed by atoms with van der Waals surface area (Å²) in [6, 6.07) is 0.663. The Morgan fingerprint density at radius 2 is 1.94 bits per heavy atom. The van der Waals surface area contributed by atoms with E-state index in [1.54, 1.807) is 7.11 Å². The van der Waals surface area contributed by atoms with E-state index in [0.717, 1.165) is 32.6 Å². The van der Waals surface area contributed by atoms with Gasteiger partial charge in [0.25, 0.3) is 0 Å². The van der Waals surface area contributed by atoms with Crippen molar-refractivity contribution in [1.29, 1.82) is 0 Å². The Bertz CT molecular complexity index is 382. The van der Waals surface area contributed by atoms with Crippen molar-refractivity contribution in [2.45, 2.75) is 25.8 Å². The van der Waals surface area contributed by atoms with Crippen LogP contribution in [0.4, 0.5) is 11.9 Å². The van der Waals surface area contributed by atoms with Gasteiger partial charge in [0.2, 0.25) is 11.9 Å². The van der Waals surface area contributed by atoms with Crippen molar-refractivity contribution in [2.24, 2.45) is 0 Å². The maximum absolute atomic E-state index is 5.31. The van der Waals surface area contributed by atoms with Gasteiger partial charge in [-0.15, -0.1) is 0 Å². The summed E-state index contributed by atoms with van der Waals surface area (Å²) in [6.07, 6.45) is 1.93. The van der Waals surface area contributed by atoms with Crippen LogP contribution in [0.3, 0.4) is 0 Å². The summed E-state index contributed by atoms with van der Waals surface area (Å²) >= 11 is 0. The molecule has 1 saturated heterocycles. The van der Waals surface area contributed by atoms with E-state index in [9.17, 15) is 0 Å². The van der Waals surface area contributed by atoms with E-state index in [2.05, 4.69) is 25.6 Å². The molecule has 1 fully saturated rings. The first kappa shape index (κ1) is 12.8. The van der Waals surface area contributed by atoms with Crippen molar-refractivity contribution in [3.63, 3.8) is 0 Å². The van der Waals surface area contributed by atoms with Crippen LogP contribution < -0.4 is 15.4 Å². The van der Waals surface area contributed by atoms with Crippen molar-refractivity contribution < 1.29 is 9.47 Å². The van der Waals surface area contributed by atoms with Gasteiger partial charge < -0.3 is 20.1 Å². The first-order chi connectivity index (χ1) is 8.81. The zero-order valence-corrected chi connectivity index (χ0v) is 10.8. The summed E-state index contributed by atoms with van der Waals surface area (Å²) in [7, 11) is 1.54. The Kier molecular flexibility index (Phi) is 4.52. The van der Waals surface area contributed by atoms with Crippen molar-refractivity contribution >= 4 is 11.9 Å². The highest BCUT2D eigenvalue weighted by Gasteiger charge is 2.15. The van der Waals surface area contributed by atoms with Gasteiger partial charge >= 0.3 is 6.01 Å². The third-order valence-corrected chi connectivity index (χ3v) is 2.69. The maximum Gasteiger partial charge on any atom is 0.322 e. The number of methoxy groups -OCH3 is 1. The molecule has 0 amide bonds. The zero-order valence-electron chi connectivity index (χ0n) is 10.8. The second-order valence-electron chi connectivity index (χ2n) is 4.03. The highest BCUT2D eigenvalue weighted by Crippen LogP contribution is 2.15. The highest BCUT2D eigenvalue weighted by molar-refractivity contribution is 5.36. The van der Waals surface area contributed by atoms with Gasteiger partial charge in [-0.25, -0.2) is 0 Å². The second kappa shape index (κ2) is 6.34. The van der Waals surface area contributed by atoms with Crippen LogP contribution in [-0.2, 0) is 4.74 Å². The molecule has 0 bridgehead atoms. The van der Waals surface area contributed by atoms with Gasteiger partial charge in [0, 0.05) is 25.8 Å². The first-order valence-corrected chi connectivity index (χ1v) is 6.20. The van der Waals surface area contributed by atoms with E-state index < -0.39 is 0 Å². The van der Waals surface area contributed by atoms with E-state index >= 15 is 0 Å². The second-order valence-corrected chi connectivity index (χ2v) is 4.03. The number of anilines is 2. The van der Waals surface area contributed by atoms with Crippen LogP contribution in [0.25, 0.3) is 0 Å². The standard InChI is InChI=1S/C11H19N5O2/c1-3-12-9-14-10(16-11(15-9)17-2)13-8-4-6-18-7-5-8/h8H,3-7H2,1-2H3,(H2,12,13,14,15,16). The van der Waals surface area contributed by atoms with E-state index in [4.69, 9.17) is 9.47 Å². The number of rotatable bonds is 5. The summed E-state index contributed by atoms with van der Waals surface area (Å²) in [4.78, 5) is 12.6. The molecule has 0 aliphatic carbocycles. The fourth-order valence-electron chi connectivity index (χ4n) is 1.77. The Morgan fingerprint density at radius 1 is 1.22 bits per heavy atom. The lowest BCUT2D eigenvalue weighted by atomic mass is 10.1. The molecule has 0 saturated carbocycles. The smallest absolute Gasteiger partial charge is 0.322 e. The van der Waals surface area contributed by atoms with Gasteiger partial charge in [0.05, 0.1) is 7.11 Å². The molecule has 1 aliphatic heterocycles. The molecule has 7 nitrogen and oxygen atoms in total. The van der Waals surface area contributed by atoms with Gasteiger partial charge in [0.15, 0.2) is 0 Å². The number of nitrogens with one attached hydrogen (secondary N) is 2. The minimum atomic E-state index is 0.315. The van der Waals surface area contributed by atoms with E-state index in [0.29, 0.717) is 23.9 Å². The minimum Gasteiger partial charge on any atom is -0.467 e. The Hall–Kier alpha value is -1.63. The first-order valence-electron chi connectivity index (χ1n) is 6.20. The average molecular weight is 253 g/mol. The predicted octanol–water partition coefficient (Wildman–Crippen LogP) is 0.903. The molecule has 0 atom stereocenters. The lowest BCUT2D eigenvalue weighted by molar-refractivity contribution is 0.0903. The molecule has 1 aromatic rings. The topological polar surface area (TPSA) is 81.2 Å². The highest BCUT2D eigenvalue weighted by atomic mass is 16.5. The average Bonchev–Trinajstić information content (AvgIpc) is 2.40. The van der Waals surface area contributed by atoms with Crippen LogP contribution >= 0.6 is 0 Å². The van der Waals surface area contributed by atoms with Gasteiger partial charge in [-0.2, -0.15) is 15.0 Å². The van der Waals surface area contributed by atoms with Crippen molar-refractivity contribution in [3.8, 4) is 6.01 Å². The Balaban J connectivity index is 2.07. The van der Waals surface area contributed by atoms with Crippen molar-refractivity contribution in [3.05, 3.63) is 0 Å². The lowest BCUT2D eigenvalue weighted by Gasteiger charge is -2.23. The largest absolute Gasteiger partial charge is 0.467 e. The molecule has 18 heavy (non-hydrogen) atoms. The normalized spacial score (nSPS) is 16.3. The number of hydrogen-bond donors (Lipinski definition) is 2. The van der Waals surface area contributed by atoms with E-state index in [1.165, 1.54) is 0 Å². The molecular formula is C11H19N5O2. The van der Waals surface area contributed by atoms with Crippen LogP contribution in [0, 0.1) is 0 Å². The fourth-order valence-corrected chi connectivity index (χ4v) is 1.77. The summed E-state index contributed by atoms with van der Waals surface area (Å²) < 4.78 is 10.4. The third kappa shape index (κ3) is 3.43. The van der Waals surface area contributed by atoms with Crippen molar-refractivity contribution in [1.82, 2.24) is 15.0 Å². The summed E-state index contributed by atoms with van der Waals surface area (Å²) in [6.45, 7) is 4.30. The molecule has 0 radical (unpaired) electrons. The zero-order chi connectivity index (χ0) is 12.8. The summed E-state index contributed by atoms with van der Waals surface area (Å²) in [5.41, 5.74) is 0. The molecule has 2 rings (SSSR count). The lowest BCUT2D eigenvalue weighted by Crippen LogP contribution is -2.29. The molecule has 7 heteroatoms. The SMILES string of the molecule is CCNc1nc(NC2CCOCC2)nc(OC)n1. The molecule has 0 aromatic carbocycles. The summed E-state index contributed by atoms with van der Waals surface area (Å²) in [5, 5.41) is 6.35. The van der Waals surface area contributed by atoms with Crippen LogP contribution in [0.15, 0.2) is 0 Å². The third-order valence-electron chi connectivity index (χ3n) is 2.69. The molecule has 100 valence electrons. The number of aromatic nitrogens is 3. The maximum atomic E-state index is 5.31. The molecule has 2 heterocycles. The monoisotopic (exact) mass is 253 g/mol. The van der Waals surface area contributed by atoms with Gasteiger partial charge in [-0.3, -0.25) is 0 Å². The molecule has 2 N–H and O–H groups in total. The number of nitrogens with zero attached hydrogens (tertiary/aromatic N) is 3. The number of ether oxygens (including phenoxy) is 2. The van der Waals surface area contributed by atoms with Crippen LogP contribution in [0.1, 0.15) is 19.8 Å². The summed E-state index contributed by atoms with van der Waals surface area (Å²) in [5.74, 6) is 1.07. The van der Waals surface area contributed by atoms with Crippen LogP contribution in [-0.4, -0.2) is 47.9 Å². The minimum absolute atomic E-state index is 0.315. The predicted molar refractivity (Wildman–Crippen MR) is 68.0 cm³/mol. The Labute approximate surface area is 106 Å². The Morgan fingerprint density at radius 3 is 2.61 bits per heavy atom. The van der Waals surface area contributed by atoms with Crippen LogP contribution in [0.5, 0.6) is 6.01 Å². The molecule has 0 unspecified atom stereocenters. The van der Waals surface area contributed by atoms with Crippen molar-refractivity contribution in [2.75, 3.05) is 37.5 Å². The van der Waals surface area contributed by atoms with E-state index in [-0.39, 0.29) is 0 Å². The molecular weight excluding hydrogens is 234 g/mol. The van der Waals surface area contributed by atoms with E-state index in [1.807, 2.05) is 6.92 Å². The number of hydrogen-bond acceptors (Lipinski definition) is 7.